The van der Waals surface area contributed by atoms with Crippen molar-refractivity contribution in [2.45, 2.75) is 201 Å². The van der Waals surface area contributed by atoms with Gasteiger partial charge in [0.1, 0.15) is 6.10 Å². The Labute approximate surface area is 395 Å². The van der Waals surface area contributed by atoms with Crippen LogP contribution in [0.3, 0.4) is 0 Å². The molecule has 0 radical (unpaired) electrons. The molecule has 0 unspecified atom stereocenters. The highest BCUT2D eigenvalue weighted by Gasteiger charge is 2.52. The number of benzene rings is 2. The van der Waals surface area contributed by atoms with Gasteiger partial charge in [-0.15, -0.1) is 0 Å². The van der Waals surface area contributed by atoms with E-state index in [0.717, 1.165) is 25.7 Å². The molecule has 64 heavy (non-hydrogen) atoms. The van der Waals surface area contributed by atoms with Gasteiger partial charge in [-0.2, -0.15) is 0 Å². The van der Waals surface area contributed by atoms with Crippen molar-refractivity contribution in [2.24, 2.45) is 23.7 Å². The van der Waals surface area contributed by atoms with Crippen molar-refractivity contribution in [3.63, 3.8) is 0 Å². The van der Waals surface area contributed by atoms with Gasteiger partial charge in [0, 0.05) is 13.0 Å². The first-order valence-electron chi connectivity index (χ1n) is 24.9. The van der Waals surface area contributed by atoms with Gasteiger partial charge < -0.3 is 22.8 Å². The molecule has 0 N–H and O–H groups in total. The van der Waals surface area contributed by atoms with Gasteiger partial charge in [0.2, 0.25) is 0 Å². The SMILES string of the molecule is CC[C@H]1O[C@@H](/C(C)=C/[C@H](C)/C=C/[C@H]2[C@@H](C)[C@@H]2/C=C/[C@@H]2O[C@H](CCO[Si](c3ccccc3)(c3ccccc3)C(C)(C)C)C[C@H](O[Si](C)(C)C(C)(C)C)[C@H]2O[Si](C)(C)C(C)(C)C)CC=C1C. The van der Waals surface area contributed by atoms with Gasteiger partial charge in [0.15, 0.2) is 16.6 Å². The van der Waals surface area contributed by atoms with Crippen LogP contribution in [-0.4, -0.2) is 68.2 Å². The normalized spacial score (nSPS) is 28.4. The van der Waals surface area contributed by atoms with Gasteiger partial charge >= 0.3 is 0 Å². The van der Waals surface area contributed by atoms with E-state index in [0.29, 0.717) is 30.3 Å². The zero-order chi connectivity index (χ0) is 47.5. The van der Waals surface area contributed by atoms with Crippen LogP contribution in [0.1, 0.15) is 123 Å². The largest absolute Gasteiger partial charge is 0.411 e. The summed E-state index contributed by atoms with van der Waals surface area (Å²) >= 11 is 0. The van der Waals surface area contributed by atoms with E-state index in [1.54, 1.807) is 0 Å². The molecule has 0 bridgehead atoms. The molecule has 1 saturated carbocycles. The minimum absolute atomic E-state index is 0.0368. The first-order chi connectivity index (χ1) is 29.7. The van der Waals surface area contributed by atoms with Gasteiger partial charge in [-0.3, -0.25) is 0 Å². The molecule has 0 aromatic heterocycles. The van der Waals surface area contributed by atoms with Gasteiger partial charge in [-0.05, 0) is 120 Å². The summed E-state index contributed by atoms with van der Waals surface area (Å²) in [6.07, 6.45) is 17.9. The van der Waals surface area contributed by atoms with Crippen molar-refractivity contribution in [3.05, 3.63) is 108 Å². The summed E-state index contributed by atoms with van der Waals surface area (Å²) in [5.41, 5.74) is 2.70. The number of ether oxygens (including phenoxy) is 2. The highest BCUT2D eigenvalue weighted by molar-refractivity contribution is 6.99. The molecular weight excluding hydrogens is 837 g/mol. The molecule has 0 amide bonds. The van der Waals surface area contributed by atoms with Crippen LogP contribution in [0.4, 0.5) is 0 Å². The average Bonchev–Trinajstić information content (AvgIpc) is 3.84. The lowest BCUT2D eigenvalue weighted by Crippen LogP contribution is -2.66. The van der Waals surface area contributed by atoms with E-state index in [4.69, 9.17) is 22.8 Å². The first kappa shape index (κ1) is 52.8. The quantitative estimate of drug-likeness (QED) is 0.117. The van der Waals surface area contributed by atoms with E-state index >= 15 is 0 Å². The lowest BCUT2D eigenvalue weighted by Gasteiger charge is -2.50. The summed E-state index contributed by atoms with van der Waals surface area (Å²) < 4.78 is 36.2. The number of hydrogen-bond acceptors (Lipinski definition) is 5. The second-order valence-electron chi connectivity index (χ2n) is 23.8. The monoisotopic (exact) mass is 927 g/mol. The number of allylic oxidation sites excluding steroid dienone is 4. The van der Waals surface area contributed by atoms with Crippen LogP contribution in [0.15, 0.2) is 108 Å². The Morgan fingerprint density at radius 2 is 1.31 bits per heavy atom. The smallest absolute Gasteiger partial charge is 0.261 e. The molecular formula is C56H90O5Si3. The van der Waals surface area contributed by atoms with Crippen LogP contribution >= 0.6 is 0 Å². The number of hydrogen-bond donors (Lipinski definition) is 0. The number of rotatable bonds is 17. The van der Waals surface area contributed by atoms with Crippen molar-refractivity contribution in [1.82, 2.24) is 0 Å². The van der Waals surface area contributed by atoms with E-state index in [2.05, 4.69) is 220 Å². The third-order valence-electron chi connectivity index (χ3n) is 15.8. The van der Waals surface area contributed by atoms with Crippen molar-refractivity contribution < 1.29 is 22.8 Å². The summed E-state index contributed by atoms with van der Waals surface area (Å²) in [5.74, 6) is 1.89. The van der Waals surface area contributed by atoms with Gasteiger partial charge in [-0.1, -0.05) is 180 Å². The van der Waals surface area contributed by atoms with Crippen LogP contribution in [0.2, 0.25) is 41.3 Å². The van der Waals surface area contributed by atoms with Gasteiger partial charge in [0.25, 0.3) is 8.32 Å². The Bertz CT molecular complexity index is 1870. The van der Waals surface area contributed by atoms with Crippen molar-refractivity contribution >= 4 is 35.3 Å². The highest BCUT2D eigenvalue weighted by Crippen LogP contribution is 2.49. The van der Waals surface area contributed by atoms with Gasteiger partial charge in [0.05, 0.1) is 30.5 Å². The predicted octanol–water partition coefficient (Wildman–Crippen LogP) is 14.0. The van der Waals surface area contributed by atoms with Crippen molar-refractivity contribution in [1.29, 1.82) is 0 Å². The minimum Gasteiger partial charge on any atom is -0.411 e. The molecule has 8 heteroatoms. The molecule has 5 rings (SSSR count). The van der Waals surface area contributed by atoms with Gasteiger partial charge in [-0.25, -0.2) is 0 Å². The predicted molar refractivity (Wildman–Crippen MR) is 280 cm³/mol. The van der Waals surface area contributed by atoms with E-state index in [1.165, 1.54) is 21.5 Å². The first-order valence-corrected chi connectivity index (χ1v) is 32.6. The highest BCUT2D eigenvalue weighted by atomic mass is 28.4. The summed E-state index contributed by atoms with van der Waals surface area (Å²) in [7, 11) is -7.12. The Balaban J connectivity index is 1.42. The fourth-order valence-corrected chi connectivity index (χ4v) is 16.7. The lowest BCUT2D eigenvalue weighted by molar-refractivity contribution is -0.144. The maximum Gasteiger partial charge on any atom is 0.261 e. The molecule has 5 nitrogen and oxygen atoms in total. The fourth-order valence-electron chi connectivity index (χ4n) is 9.48. The van der Waals surface area contributed by atoms with Crippen LogP contribution < -0.4 is 10.4 Å². The second-order valence-corrected chi connectivity index (χ2v) is 37.6. The van der Waals surface area contributed by atoms with Crippen LogP contribution in [0.5, 0.6) is 0 Å². The Morgan fingerprint density at radius 3 is 1.84 bits per heavy atom. The standard InChI is InChI=1S/C56H90O5Si3/c1-19-49-41(3)31-34-50(59-49)42(4)38-40(2)30-32-47-43(5)48(47)33-35-51-53(61-63(17,18)55(9,10)11)52(60-62(15,16)54(6,7)8)39-44(58-51)36-37-57-64(56(12,13)14,45-26-22-20-23-27-45)46-28-24-21-25-29-46/h20-33,35,38,40,43-44,47-53H,19,34,36-37,39H2,1-18H3/b32-30+,35-33+,42-38+/t40-,43-,44-,47+,48+,49-,50-,51+,52+,53+/m1/s1. The maximum absolute atomic E-state index is 7.50. The van der Waals surface area contributed by atoms with E-state index in [1.807, 2.05) is 0 Å². The zero-order valence-corrected chi connectivity index (χ0v) is 46.6. The fraction of sp³-hybridized carbons (Fsp3) is 0.643. The Kier molecular flexibility index (Phi) is 17.3. The molecule has 0 spiro atoms. The molecule has 1 saturated heterocycles. The van der Waals surface area contributed by atoms with Crippen LogP contribution in [-0.2, 0) is 22.8 Å². The molecule has 356 valence electrons. The molecule has 2 heterocycles. The molecule has 1 aliphatic carbocycles. The van der Waals surface area contributed by atoms with Crippen molar-refractivity contribution in [3.8, 4) is 0 Å². The Hall–Kier alpha value is -2.15. The third kappa shape index (κ3) is 12.5. The summed E-state index contributed by atoms with van der Waals surface area (Å²) in [6.45, 7) is 42.6. The van der Waals surface area contributed by atoms with E-state index in [9.17, 15) is 0 Å². The maximum atomic E-state index is 7.50. The minimum atomic E-state index is -2.71. The lowest BCUT2D eigenvalue weighted by atomic mass is 9.95. The molecule has 2 aromatic rings. The third-order valence-corrected chi connectivity index (χ3v) is 29.8. The Morgan fingerprint density at radius 1 is 0.766 bits per heavy atom. The summed E-state index contributed by atoms with van der Waals surface area (Å²) in [5, 5.41) is 2.62. The zero-order valence-electron chi connectivity index (χ0n) is 43.6. The summed E-state index contributed by atoms with van der Waals surface area (Å²) in [4.78, 5) is 0. The van der Waals surface area contributed by atoms with Crippen molar-refractivity contribution in [2.75, 3.05) is 6.61 Å². The molecule has 2 fully saturated rings. The van der Waals surface area contributed by atoms with E-state index < -0.39 is 25.0 Å². The molecule has 2 aliphatic heterocycles. The van der Waals surface area contributed by atoms with Crippen LogP contribution in [0, 0.1) is 23.7 Å². The molecule has 10 atom stereocenters. The molecule has 3 aliphatic rings. The topological polar surface area (TPSA) is 46.2 Å². The van der Waals surface area contributed by atoms with Crippen LogP contribution in [0.25, 0.3) is 0 Å². The average molecular weight is 928 g/mol. The van der Waals surface area contributed by atoms with E-state index in [-0.39, 0.29) is 51.7 Å². The molecule has 2 aromatic carbocycles. The summed E-state index contributed by atoms with van der Waals surface area (Å²) in [6, 6.07) is 22.0. The second kappa shape index (κ2) is 21.0.